The van der Waals surface area contributed by atoms with E-state index in [9.17, 15) is 0 Å². The van der Waals surface area contributed by atoms with Crippen molar-refractivity contribution in [1.82, 2.24) is 5.48 Å². The summed E-state index contributed by atoms with van der Waals surface area (Å²) in [5, 5.41) is 0. The SMILES string of the molecule is C/C=C\C(C)/C=C/C=C\NOC. The summed E-state index contributed by atoms with van der Waals surface area (Å²) < 4.78 is 0. The molecule has 0 aliphatic carbocycles. The van der Waals surface area contributed by atoms with Crippen LogP contribution in [0.25, 0.3) is 0 Å². The van der Waals surface area contributed by atoms with Gasteiger partial charge in [0.05, 0.1) is 7.11 Å². The lowest BCUT2D eigenvalue weighted by Gasteiger charge is -1.94. The molecule has 0 spiro atoms. The second-order valence-electron chi connectivity index (χ2n) is 2.45. The van der Waals surface area contributed by atoms with Crippen molar-refractivity contribution in [2.24, 2.45) is 5.92 Å². The van der Waals surface area contributed by atoms with Gasteiger partial charge in [0.1, 0.15) is 0 Å². The van der Waals surface area contributed by atoms with E-state index in [-0.39, 0.29) is 0 Å². The zero-order chi connectivity index (χ0) is 9.23. The van der Waals surface area contributed by atoms with Gasteiger partial charge in [0.25, 0.3) is 0 Å². The largest absolute Gasteiger partial charge is 0.280 e. The molecule has 0 aromatic rings. The summed E-state index contributed by atoms with van der Waals surface area (Å²) in [6, 6.07) is 0. The predicted octanol–water partition coefficient (Wildman–Crippen LogP) is 2.42. The number of rotatable bonds is 5. The molecule has 0 rings (SSSR count). The summed E-state index contributed by atoms with van der Waals surface area (Å²) in [6.45, 7) is 4.15. The smallest absolute Gasteiger partial charge is 0.0636 e. The Kier molecular flexibility index (Phi) is 7.39. The normalized spacial score (nSPS) is 14.9. The molecule has 0 saturated heterocycles. The van der Waals surface area contributed by atoms with Crippen LogP contribution in [0.4, 0.5) is 0 Å². The molecular formula is C10H17NO. The zero-order valence-electron chi connectivity index (χ0n) is 7.95. The molecule has 0 aromatic carbocycles. The lowest BCUT2D eigenvalue weighted by atomic mass is 10.1. The van der Waals surface area contributed by atoms with Crippen LogP contribution in [-0.2, 0) is 4.84 Å². The highest BCUT2D eigenvalue weighted by molar-refractivity contribution is 5.06. The summed E-state index contributed by atoms with van der Waals surface area (Å²) >= 11 is 0. The van der Waals surface area contributed by atoms with Crippen molar-refractivity contribution >= 4 is 0 Å². The van der Waals surface area contributed by atoms with Crippen LogP contribution in [0.5, 0.6) is 0 Å². The van der Waals surface area contributed by atoms with E-state index < -0.39 is 0 Å². The van der Waals surface area contributed by atoms with Crippen molar-refractivity contribution in [1.29, 1.82) is 0 Å². The van der Waals surface area contributed by atoms with Gasteiger partial charge >= 0.3 is 0 Å². The highest BCUT2D eigenvalue weighted by atomic mass is 16.6. The van der Waals surface area contributed by atoms with E-state index in [0.717, 1.165) is 0 Å². The summed E-state index contributed by atoms with van der Waals surface area (Å²) in [6.07, 6.45) is 11.9. The first-order valence-electron chi connectivity index (χ1n) is 4.06. The molecular weight excluding hydrogens is 150 g/mol. The first-order valence-corrected chi connectivity index (χ1v) is 4.06. The van der Waals surface area contributed by atoms with Crippen molar-refractivity contribution in [2.75, 3.05) is 7.11 Å². The highest BCUT2D eigenvalue weighted by Gasteiger charge is 1.84. The Morgan fingerprint density at radius 3 is 2.58 bits per heavy atom. The fourth-order valence-corrected chi connectivity index (χ4v) is 0.770. The van der Waals surface area contributed by atoms with Crippen LogP contribution in [0.2, 0.25) is 0 Å². The van der Waals surface area contributed by atoms with E-state index in [1.165, 1.54) is 0 Å². The second kappa shape index (κ2) is 8.08. The van der Waals surface area contributed by atoms with Gasteiger partial charge in [-0.15, -0.1) is 0 Å². The molecule has 0 bridgehead atoms. The first kappa shape index (κ1) is 11.0. The standard InChI is InChI=1S/C10H17NO/c1-4-7-10(2)8-5-6-9-11-12-3/h4-11H,1-3H3/b7-4-,8-5+,9-6-. The summed E-state index contributed by atoms with van der Waals surface area (Å²) in [7, 11) is 1.58. The fourth-order valence-electron chi connectivity index (χ4n) is 0.770. The Morgan fingerprint density at radius 1 is 1.25 bits per heavy atom. The summed E-state index contributed by atoms with van der Waals surface area (Å²) in [4.78, 5) is 4.61. The van der Waals surface area contributed by atoms with Crippen molar-refractivity contribution in [3.05, 3.63) is 36.6 Å². The van der Waals surface area contributed by atoms with E-state index in [4.69, 9.17) is 0 Å². The molecule has 2 heteroatoms. The third-order valence-corrected chi connectivity index (χ3v) is 1.30. The Morgan fingerprint density at radius 2 is 2.00 bits per heavy atom. The number of hydroxylamine groups is 1. The average molecular weight is 167 g/mol. The van der Waals surface area contributed by atoms with E-state index in [1.807, 2.05) is 25.2 Å². The van der Waals surface area contributed by atoms with Crippen LogP contribution < -0.4 is 5.48 Å². The zero-order valence-corrected chi connectivity index (χ0v) is 7.95. The third kappa shape index (κ3) is 7.09. The van der Waals surface area contributed by atoms with Crippen LogP contribution in [0.15, 0.2) is 36.6 Å². The van der Waals surface area contributed by atoms with Crippen LogP contribution in [0.1, 0.15) is 13.8 Å². The van der Waals surface area contributed by atoms with Crippen molar-refractivity contribution < 1.29 is 4.84 Å². The molecule has 0 aliphatic rings. The Hall–Kier alpha value is -1.02. The molecule has 0 saturated carbocycles. The van der Waals surface area contributed by atoms with Gasteiger partial charge < -0.3 is 0 Å². The maximum Gasteiger partial charge on any atom is 0.0636 e. The summed E-state index contributed by atoms with van der Waals surface area (Å²) in [5.41, 5.74) is 2.60. The molecule has 68 valence electrons. The topological polar surface area (TPSA) is 21.3 Å². The molecule has 0 fully saturated rings. The van der Waals surface area contributed by atoms with Gasteiger partial charge in [0.15, 0.2) is 0 Å². The molecule has 1 N–H and O–H groups in total. The van der Waals surface area contributed by atoms with Gasteiger partial charge in [-0.25, -0.2) is 0 Å². The van der Waals surface area contributed by atoms with Crippen LogP contribution in [0, 0.1) is 5.92 Å². The highest BCUT2D eigenvalue weighted by Crippen LogP contribution is 1.98. The third-order valence-electron chi connectivity index (χ3n) is 1.30. The molecule has 0 radical (unpaired) electrons. The van der Waals surface area contributed by atoms with E-state index in [1.54, 1.807) is 13.3 Å². The maximum absolute atomic E-state index is 4.61. The second-order valence-corrected chi connectivity index (χ2v) is 2.45. The molecule has 0 amide bonds. The van der Waals surface area contributed by atoms with Gasteiger partial charge in [-0.1, -0.05) is 31.2 Å². The first-order chi connectivity index (χ1) is 5.81. The Balaban J connectivity index is 3.60. The lowest BCUT2D eigenvalue weighted by molar-refractivity contribution is 0.128. The molecule has 0 aliphatic heterocycles. The molecule has 12 heavy (non-hydrogen) atoms. The van der Waals surface area contributed by atoms with Crippen LogP contribution >= 0.6 is 0 Å². The number of allylic oxidation sites excluding steroid dienone is 5. The molecule has 1 unspecified atom stereocenters. The quantitative estimate of drug-likeness (QED) is 0.386. The van der Waals surface area contributed by atoms with E-state index >= 15 is 0 Å². The van der Waals surface area contributed by atoms with E-state index in [2.05, 4.69) is 29.4 Å². The Labute approximate surface area is 74.6 Å². The predicted molar refractivity (Wildman–Crippen MR) is 52.4 cm³/mol. The minimum atomic E-state index is 0.488. The summed E-state index contributed by atoms with van der Waals surface area (Å²) in [5.74, 6) is 0.488. The number of hydrogen-bond donors (Lipinski definition) is 1. The van der Waals surface area contributed by atoms with Gasteiger partial charge in [-0.2, -0.15) is 0 Å². The molecule has 2 nitrogen and oxygen atoms in total. The van der Waals surface area contributed by atoms with Gasteiger partial charge in [-0.05, 0) is 18.9 Å². The molecule has 0 heterocycles. The van der Waals surface area contributed by atoms with Crippen LogP contribution in [-0.4, -0.2) is 7.11 Å². The lowest BCUT2D eigenvalue weighted by Crippen LogP contribution is -1.99. The van der Waals surface area contributed by atoms with Gasteiger partial charge in [0, 0.05) is 6.20 Å². The maximum atomic E-state index is 4.61. The average Bonchev–Trinajstić information content (AvgIpc) is 2.05. The molecule has 1 atom stereocenters. The molecule has 0 aromatic heterocycles. The number of nitrogens with one attached hydrogen (secondary N) is 1. The minimum absolute atomic E-state index is 0.488. The van der Waals surface area contributed by atoms with Crippen molar-refractivity contribution in [2.45, 2.75) is 13.8 Å². The number of hydrogen-bond acceptors (Lipinski definition) is 2. The fraction of sp³-hybridized carbons (Fsp3) is 0.400. The van der Waals surface area contributed by atoms with Crippen LogP contribution in [0.3, 0.4) is 0 Å². The van der Waals surface area contributed by atoms with E-state index in [0.29, 0.717) is 5.92 Å². The minimum Gasteiger partial charge on any atom is -0.280 e. The Bertz CT molecular complexity index is 171. The van der Waals surface area contributed by atoms with Gasteiger partial charge in [0.2, 0.25) is 0 Å². The van der Waals surface area contributed by atoms with Gasteiger partial charge in [-0.3, -0.25) is 10.3 Å². The van der Waals surface area contributed by atoms with Crippen molar-refractivity contribution in [3.63, 3.8) is 0 Å². The monoisotopic (exact) mass is 167 g/mol. The van der Waals surface area contributed by atoms with Crippen molar-refractivity contribution in [3.8, 4) is 0 Å².